The van der Waals surface area contributed by atoms with Crippen molar-refractivity contribution in [1.82, 2.24) is 0 Å². The fourth-order valence-corrected chi connectivity index (χ4v) is 2.18. The highest BCUT2D eigenvalue weighted by molar-refractivity contribution is 5.85. The van der Waals surface area contributed by atoms with Gasteiger partial charge in [0.25, 0.3) is 0 Å². The van der Waals surface area contributed by atoms with Gasteiger partial charge < -0.3 is 10.1 Å². The molecule has 3 nitrogen and oxygen atoms in total. The predicted octanol–water partition coefficient (Wildman–Crippen LogP) is 2.20. The molecule has 0 aliphatic carbocycles. The molecule has 0 spiro atoms. The highest BCUT2D eigenvalue weighted by Crippen LogP contribution is 2.39. The molecule has 0 aromatic heterocycles. The normalized spacial score (nSPS) is 22.5. The van der Waals surface area contributed by atoms with Crippen molar-refractivity contribution in [2.45, 2.75) is 25.8 Å². The minimum absolute atomic E-state index is 0.206. The maximum Gasteiger partial charge on any atom is 0.328 e. The zero-order chi connectivity index (χ0) is 11.9. The molecular weight excluding hydrogens is 209 g/mol. The Balaban J connectivity index is 2.45. The number of hydrogen-bond acceptors (Lipinski definition) is 3. The SMILES string of the molecule is COC(=O)C1Nc2c(C)ccc(F)c2C1C. The van der Waals surface area contributed by atoms with Crippen LogP contribution in [0.25, 0.3) is 0 Å². The predicted molar refractivity (Wildman–Crippen MR) is 59.0 cm³/mol. The largest absolute Gasteiger partial charge is 0.467 e. The van der Waals surface area contributed by atoms with Crippen molar-refractivity contribution >= 4 is 11.7 Å². The average molecular weight is 223 g/mol. The van der Waals surface area contributed by atoms with E-state index in [1.54, 1.807) is 6.07 Å². The van der Waals surface area contributed by atoms with Gasteiger partial charge in [-0.15, -0.1) is 0 Å². The van der Waals surface area contributed by atoms with Crippen molar-refractivity contribution in [1.29, 1.82) is 0 Å². The van der Waals surface area contributed by atoms with E-state index in [2.05, 4.69) is 5.32 Å². The van der Waals surface area contributed by atoms with Crippen LogP contribution in [-0.4, -0.2) is 19.1 Å². The smallest absolute Gasteiger partial charge is 0.328 e. The van der Waals surface area contributed by atoms with Gasteiger partial charge in [-0.05, 0) is 18.6 Å². The lowest BCUT2D eigenvalue weighted by Gasteiger charge is -2.13. The van der Waals surface area contributed by atoms with Crippen LogP contribution in [0, 0.1) is 12.7 Å². The van der Waals surface area contributed by atoms with Crippen molar-refractivity contribution < 1.29 is 13.9 Å². The Kier molecular flexibility index (Phi) is 2.58. The van der Waals surface area contributed by atoms with Gasteiger partial charge in [-0.25, -0.2) is 9.18 Å². The lowest BCUT2D eigenvalue weighted by molar-refractivity contribution is -0.141. The average Bonchev–Trinajstić information content (AvgIpc) is 2.62. The standard InChI is InChI=1S/C12H14FNO2/c1-6-4-5-8(13)9-7(2)11(12(15)16-3)14-10(6)9/h4-5,7,11,14H,1-3H3. The summed E-state index contributed by atoms with van der Waals surface area (Å²) in [5.41, 5.74) is 2.24. The molecule has 16 heavy (non-hydrogen) atoms. The summed E-state index contributed by atoms with van der Waals surface area (Å²) in [6.07, 6.45) is 0. The van der Waals surface area contributed by atoms with Crippen molar-refractivity contribution in [3.05, 3.63) is 29.1 Å². The number of fused-ring (bicyclic) bond motifs is 1. The van der Waals surface area contributed by atoms with Crippen LogP contribution < -0.4 is 5.32 Å². The van der Waals surface area contributed by atoms with Gasteiger partial charge in [0.1, 0.15) is 11.9 Å². The van der Waals surface area contributed by atoms with Crippen LogP contribution in [0.1, 0.15) is 24.0 Å². The molecule has 0 bridgehead atoms. The van der Waals surface area contributed by atoms with E-state index in [1.165, 1.54) is 13.2 Å². The second-order valence-electron chi connectivity index (χ2n) is 4.09. The maximum atomic E-state index is 13.7. The van der Waals surface area contributed by atoms with Crippen molar-refractivity contribution in [3.8, 4) is 0 Å². The highest BCUT2D eigenvalue weighted by atomic mass is 19.1. The van der Waals surface area contributed by atoms with Gasteiger partial charge in [-0.1, -0.05) is 13.0 Å². The van der Waals surface area contributed by atoms with Gasteiger partial charge in [-0.3, -0.25) is 0 Å². The Bertz CT molecular complexity index is 445. The van der Waals surface area contributed by atoms with Gasteiger partial charge in [0.05, 0.1) is 7.11 Å². The number of carbonyl (C=O) groups is 1. The van der Waals surface area contributed by atoms with E-state index in [4.69, 9.17) is 4.74 Å². The minimum atomic E-state index is -0.490. The van der Waals surface area contributed by atoms with Crippen LogP contribution >= 0.6 is 0 Å². The third-order valence-electron chi connectivity index (χ3n) is 3.11. The second-order valence-corrected chi connectivity index (χ2v) is 4.09. The number of esters is 1. The van der Waals surface area contributed by atoms with Crippen LogP contribution in [0.15, 0.2) is 12.1 Å². The van der Waals surface area contributed by atoms with E-state index in [1.807, 2.05) is 13.8 Å². The molecule has 2 unspecified atom stereocenters. The zero-order valence-corrected chi connectivity index (χ0v) is 9.50. The van der Waals surface area contributed by atoms with Gasteiger partial charge in [0.2, 0.25) is 0 Å². The number of carbonyl (C=O) groups excluding carboxylic acids is 1. The number of anilines is 1. The summed E-state index contributed by atoms with van der Waals surface area (Å²) < 4.78 is 18.4. The quantitative estimate of drug-likeness (QED) is 0.742. The molecule has 1 N–H and O–H groups in total. The van der Waals surface area contributed by atoms with E-state index in [0.29, 0.717) is 5.56 Å². The van der Waals surface area contributed by atoms with Gasteiger partial charge in [-0.2, -0.15) is 0 Å². The second kappa shape index (κ2) is 3.77. The molecule has 1 heterocycles. The molecule has 86 valence electrons. The van der Waals surface area contributed by atoms with Crippen molar-refractivity contribution in [2.75, 3.05) is 12.4 Å². The lowest BCUT2D eigenvalue weighted by Crippen LogP contribution is -2.30. The molecule has 1 aliphatic rings. The summed E-state index contributed by atoms with van der Waals surface area (Å²) >= 11 is 0. The number of aryl methyl sites for hydroxylation is 1. The third-order valence-corrected chi connectivity index (χ3v) is 3.11. The Morgan fingerprint density at radius 2 is 2.19 bits per heavy atom. The number of rotatable bonds is 1. The number of ether oxygens (including phenoxy) is 1. The fourth-order valence-electron chi connectivity index (χ4n) is 2.18. The Labute approximate surface area is 93.6 Å². The number of hydrogen-bond donors (Lipinski definition) is 1. The summed E-state index contributed by atoms with van der Waals surface area (Å²) in [5, 5.41) is 3.03. The maximum absolute atomic E-state index is 13.7. The Morgan fingerprint density at radius 1 is 1.50 bits per heavy atom. The molecule has 2 rings (SSSR count). The van der Waals surface area contributed by atoms with Crippen LogP contribution in [0.2, 0.25) is 0 Å². The number of benzene rings is 1. The van der Waals surface area contributed by atoms with Gasteiger partial charge >= 0.3 is 5.97 Å². The number of halogens is 1. The van der Waals surface area contributed by atoms with E-state index in [9.17, 15) is 9.18 Å². The van der Waals surface area contributed by atoms with Crippen LogP contribution in [0.3, 0.4) is 0 Å². The summed E-state index contributed by atoms with van der Waals surface area (Å²) in [4.78, 5) is 11.5. The van der Waals surface area contributed by atoms with Crippen LogP contribution in [0.4, 0.5) is 10.1 Å². The van der Waals surface area contributed by atoms with E-state index < -0.39 is 6.04 Å². The first kappa shape index (κ1) is 10.9. The molecule has 2 atom stereocenters. The molecule has 0 saturated carbocycles. The topological polar surface area (TPSA) is 38.3 Å². The van der Waals surface area contributed by atoms with Crippen molar-refractivity contribution in [2.24, 2.45) is 0 Å². The first-order chi connectivity index (χ1) is 7.56. The van der Waals surface area contributed by atoms with Gasteiger partial charge in [0, 0.05) is 17.2 Å². The molecule has 0 amide bonds. The monoisotopic (exact) mass is 223 g/mol. The number of nitrogens with one attached hydrogen (secondary N) is 1. The van der Waals surface area contributed by atoms with E-state index >= 15 is 0 Å². The van der Waals surface area contributed by atoms with Gasteiger partial charge in [0.15, 0.2) is 0 Å². The molecular formula is C12H14FNO2. The van der Waals surface area contributed by atoms with E-state index in [0.717, 1.165) is 11.3 Å². The number of methoxy groups -OCH3 is 1. The van der Waals surface area contributed by atoms with Crippen LogP contribution in [0.5, 0.6) is 0 Å². The molecule has 0 fully saturated rings. The summed E-state index contributed by atoms with van der Waals surface area (Å²) in [7, 11) is 1.34. The Hall–Kier alpha value is -1.58. The summed E-state index contributed by atoms with van der Waals surface area (Å²) in [6, 6.07) is 2.65. The molecule has 0 radical (unpaired) electrons. The molecule has 1 aromatic carbocycles. The first-order valence-corrected chi connectivity index (χ1v) is 5.19. The lowest BCUT2D eigenvalue weighted by atomic mass is 9.95. The highest BCUT2D eigenvalue weighted by Gasteiger charge is 2.37. The summed E-state index contributed by atoms with van der Waals surface area (Å²) in [6.45, 7) is 3.71. The molecule has 1 aromatic rings. The van der Waals surface area contributed by atoms with Crippen LogP contribution in [-0.2, 0) is 9.53 Å². The minimum Gasteiger partial charge on any atom is -0.467 e. The zero-order valence-electron chi connectivity index (χ0n) is 9.50. The Morgan fingerprint density at radius 3 is 2.75 bits per heavy atom. The molecule has 0 saturated heterocycles. The van der Waals surface area contributed by atoms with E-state index in [-0.39, 0.29) is 17.7 Å². The fraction of sp³-hybridized carbons (Fsp3) is 0.417. The van der Waals surface area contributed by atoms with Crippen molar-refractivity contribution in [3.63, 3.8) is 0 Å². The third kappa shape index (κ3) is 1.45. The molecule has 1 aliphatic heterocycles. The first-order valence-electron chi connectivity index (χ1n) is 5.19. The summed E-state index contributed by atoms with van der Waals surface area (Å²) in [5.74, 6) is -0.836. The molecule has 4 heteroatoms.